The molecule has 0 amide bonds. The van der Waals surface area contributed by atoms with Gasteiger partial charge in [-0.1, -0.05) is 13.3 Å². The van der Waals surface area contributed by atoms with E-state index in [1.807, 2.05) is 6.92 Å². The number of hydrogen-bond acceptors (Lipinski definition) is 3. The smallest absolute Gasteiger partial charge is 0.305 e. The molecule has 0 fully saturated rings. The van der Waals surface area contributed by atoms with Gasteiger partial charge >= 0.3 is 5.97 Å². The van der Waals surface area contributed by atoms with Gasteiger partial charge in [-0.05, 0) is 19.8 Å². The number of esters is 1. The minimum atomic E-state index is -0.413. The van der Waals surface area contributed by atoms with Gasteiger partial charge in [-0.15, -0.1) is 0 Å². The first-order valence-corrected chi connectivity index (χ1v) is 4.50. The van der Waals surface area contributed by atoms with Crippen LogP contribution in [0.25, 0.3) is 0 Å². The number of ether oxygens (including phenoxy) is 1. The van der Waals surface area contributed by atoms with Gasteiger partial charge in [0.2, 0.25) is 0 Å². The van der Waals surface area contributed by atoms with Crippen molar-refractivity contribution in [1.82, 2.24) is 0 Å². The van der Waals surface area contributed by atoms with Gasteiger partial charge in [0.05, 0.1) is 12.7 Å². The molecule has 0 rings (SSSR count). The molecular formula is C9H18O3. The number of unbranched alkanes of at least 4 members (excludes halogenated alkanes) is 1. The highest BCUT2D eigenvalue weighted by Gasteiger charge is 2.04. The summed E-state index contributed by atoms with van der Waals surface area (Å²) in [6.07, 6.45) is 2.35. The second-order valence-electron chi connectivity index (χ2n) is 2.96. The molecule has 0 aromatic carbocycles. The van der Waals surface area contributed by atoms with Crippen molar-refractivity contribution in [2.24, 2.45) is 0 Å². The van der Waals surface area contributed by atoms with E-state index in [-0.39, 0.29) is 5.97 Å². The van der Waals surface area contributed by atoms with Crippen LogP contribution in [0.4, 0.5) is 0 Å². The fraction of sp³-hybridized carbons (Fsp3) is 0.889. The van der Waals surface area contributed by atoms with E-state index in [0.29, 0.717) is 19.4 Å². The maximum atomic E-state index is 10.9. The fourth-order valence-corrected chi connectivity index (χ4v) is 0.729. The van der Waals surface area contributed by atoms with Crippen LogP contribution >= 0.6 is 0 Å². The molecule has 1 atom stereocenters. The van der Waals surface area contributed by atoms with E-state index < -0.39 is 6.10 Å². The van der Waals surface area contributed by atoms with E-state index in [1.165, 1.54) is 0 Å². The molecule has 0 aromatic rings. The Labute approximate surface area is 73.7 Å². The van der Waals surface area contributed by atoms with Gasteiger partial charge < -0.3 is 9.84 Å². The van der Waals surface area contributed by atoms with Crippen molar-refractivity contribution >= 4 is 5.97 Å². The van der Waals surface area contributed by atoms with Crippen LogP contribution in [-0.2, 0) is 9.53 Å². The van der Waals surface area contributed by atoms with E-state index in [4.69, 9.17) is 9.84 Å². The number of aliphatic hydroxyl groups is 1. The standard InChI is InChI=1S/C9H18O3/c1-3-4-7-12-9(11)6-5-8(2)10/h8,10H,3-7H2,1-2H3/t8-/m0/s1. The largest absolute Gasteiger partial charge is 0.466 e. The lowest BCUT2D eigenvalue weighted by Crippen LogP contribution is -2.09. The summed E-state index contributed by atoms with van der Waals surface area (Å²) in [7, 11) is 0. The fourth-order valence-electron chi connectivity index (χ4n) is 0.729. The average molecular weight is 174 g/mol. The van der Waals surface area contributed by atoms with Crippen LogP contribution in [0.2, 0.25) is 0 Å². The molecule has 3 nitrogen and oxygen atoms in total. The lowest BCUT2D eigenvalue weighted by molar-refractivity contribution is -0.144. The first-order chi connectivity index (χ1) is 5.66. The zero-order valence-corrected chi connectivity index (χ0v) is 7.88. The average Bonchev–Trinajstić information content (AvgIpc) is 2.01. The quantitative estimate of drug-likeness (QED) is 0.490. The van der Waals surface area contributed by atoms with Gasteiger partial charge in [-0.2, -0.15) is 0 Å². The monoisotopic (exact) mass is 174 g/mol. The van der Waals surface area contributed by atoms with Crippen LogP contribution in [0.15, 0.2) is 0 Å². The van der Waals surface area contributed by atoms with Crippen molar-refractivity contribution in [3.8, 4) is 0 Å². The summed E-state index contributed by atoms with van der Waals surface area (Å²) >= 11 is 0. The molecule has 0 saturated carbocycles. The first-order valence-electron chi connectivity index (χ1n) is 4.50. The predicted octanol–water partition coefficient (Wildman–Crippen LogP) is 1.49. The van der Waals surface area contributed by atoms with E-state index in [2.05, 4.69) is 0 Å². The lowest BCUT2D eigenvalue weighted by Gasteiger charge is -2.04. The third-order valence-corrected chi connectivity index (χ3v) is 1.53. The molecule has 0 unspecified atom stereocenters. The Balaban J connectivity index is 3.22. The predicted molar refractivity (Wildman–Crippen MR) is 46.8 cm³/mol. The van der Waals surface area contributed by atoms with Crippen molar-refractivity contribution in [2.45, 2.75) is 45.6 Å². The highest BCUT2D eigenvalue weighted by molar-refractivity contribution is 5.69. The Hall–Kier alpha value is -0.570. The SMILES string of the molecule is CCCCOC(=O)CC[C@H](C)O. The number of carbonyl (C=O) groups excluding carboxylic acids is 1. The van der Waals surface area contributed by atoms with E-state index in [0.717, 1.165) is 12.8 Å². The maximum Gasteiger partial charge on any atom is 0.305 e. The Morgan fingerprint density at radius 2 is 2.25 bits per heavy atom. The van der Waals surface area contributed by atoms with Crippen LogP contribution < -0.4 is 0 Å². The Bertz CT molecular complexity index is 121. The molecule has 12 heavy (non-hydrogen) atoms. The maximum absolute atomic E-state index is 10.9. The van der Waals surface area contributed by atoms with Crippen LogP contribution in [0, 0.1) is 0 Å². The number of aliphatic hydroxyl groups excluding tert-OH is 1. The van der Waals surface area contributed by atoms with Gasteiger partial charge in [-0.3, -0.25) is 4.79 Å². The second kappa shape index (κ2) is 7.10. The zero-order valence-electron chi connectivity index (χ0n) is 7.88. The molecule has 0 saturated heterocycles. The molecule has 1 N–H and O–H groups in total. The van der Waals surface area contributed by atoms with Crippen LogP contribution in [-0.4, -0.2) is 23.8 Å². The molecule has 0 aliphatic heterocycles. The molecule has 0 aliphatic carbocycles. The Morgan fingerprint density at radius 3 is 2.75 bits per heavy atom. The van der Waals surface area contributed by atoms with Crippen molar-refractivity contribution in [3.05, 3.63) is 0 Å². The van der Waals surface area contributed by atoms with Gasteiger partial charge in [0.1, 0.15) is 0 Å². The summed E-state index contributed by atoms with van der Waals surface area (Å²) in [5.41, 5.74) is 0. The van der Waals surface area contributed by atoms with Crippen molar-refractivity contribution in [1.29, 1.82) is 0 Å². The summed E-state index contributed by atoms with van der Waals surface area (Å²) in [4.78, 5) is 10.9. The van der Waals surface area contributed by atoms with Crippen molar-refractivity contribution in [2.75, 3.05) is 6.61 Å². The normalized spacial score (nSPS) is 12.6. The molecule has 72 valence electrons. The molecule has 0 heterocycles. The first kappa shape index (κ1) is 11.4. The molecular weight excluding hydrogens is 156 g/mol. The Morgan fingerprint density at radius 1 is 1.58 bits per heavy atom. The minimum absolute atomic E-state index is 0.204. The Kier molecular flexibility index (Phi) is 6.76. The van der Waals surface area contributed by atoms with Crippen molar-refractivity contribution in [3.63, 3.8) is 0 Å². The lowest BCUT2D eigenvalue weighted by atomic mass is 10.2. The van der Waals surface area contributed by atoms with Crippen molar-refractivity contribution < 1.29 is 14.6 Å². The number of carbonyl (C=O) groups is 1. The number of hydrogen-bond donors (Lipinski definition) is 1. The third-order valence-electron chi connectivity index (χ3n) is 1.53. The highest BCUT2D eigenvalue weighted by atomic mass is 16.5. The summed E-state index contributed by atoms with van der Waals surface area (Å²) in [6.45, 7) is 4.22. The van der Waals surface area contributed by atoms with E-state index >= 15 is 0 Å². The van der Waals surface area contributed by atoms with E-state index in [9.17, 15) is 4.79 Å². The summed E-state index contributed by atoms with van der Waals surface area (Å²) in [5.74, 6) is -0.204. The van der Waals surface area contributed by atoms with Crippen LogP contribution in [0.5, 0.6) is 0 Å². The number of rotatable bonds is 6. The topological polar surface area (TPSA) is 46.5 Å². The van der Waals surface area contributed by atoms with Crippen LogP contribution in [0.1, 0.15) is 39.5 Å². The van der Waals surface area contributed by atoms with Gasteiger partial charge in [-0.25, -0.2) is 0 Å². The highest BCUT2D eigenvalue weighted by Crippen LogP contribution is 1.98. The summed E-state index contributed by atoms with van der Waals surface area (Å²) in [5, 5.41) is 8.87. The van der Waals surface area contributed by atoms with Gasteiger partial charge in [0, 0.05) is 6.42 Å². The minimum Gasteiger partial charge on any atom is -0.466 e. The third kappa shape index (κ3) is 7.54. The zero-order chi connectivity index (χ0) is 9.40. The van der Waals surface area contributed by atoms with Gasteiger partial charge in [0.25, 0.3) is 0 Å². The molecule has 0 bridgehead atoms. The summed E-state index contributed by atoms with van der Waals surface area (Å²) in [6, 6.07) is 0. The molecule has 3 heteroatoms. The second-order valence-corrected chi connectivity index (χ2v) is 2.96. The molecule has 0 radical (unpaired) electrons. The molecule has 0 aliphatic rings. The van der Waals surface area contributed by atoms with Gasteiger partial charge in [0.15, 0.2) is 0 Å². The van der Waals surface area contributed by atoms with E-state index in [1.54, 1.807) is 6.92 Å². The molecule has 0 aromatic heterocycles. The molecule has 0 spiro atoms. The summed E-state index contributed by atoms with van der Waals surface area (Å²) < 4.78 is 4.88. The van der Waals surface area contributed by atoms with Crippen LogP contribution in [0.3, 0.4) is 0 Å².